The summed E-state index contributed by atoms with van der Waals surface area (Å²) in [7, 11) is -2.21. The van der Waals surface area contributed by atoms with Gasteiger partial charge in [0.2, 0.25) is 5.91 Å². The van der Waals surface area contributed by atoms with E-state index in [0.717, 1.165) is 0 Å². The topological polar surface area (TPSA) is 96.5 Å². The van der Waals surface area contributed by atoms with Crippen LogP contribution in [0.15, 0.2) is 0 Å². The lowest BCUT2D eigenvalue weighted by atomic mass is 10.3. The van der Waals surface area contributed by atoms with Crippen molar-refractivity contribution in [3.63, 3.8) is 0 Å². The van der Waals surface area contributed by atoms with E-state index in [4.69, 9.17) is 4.74 Å². The van der Waals surface area contributed by atoms with Crippen LogP contribution in [0.2, 0.25) is 0 Å². The molecule has 0 N–H and O–H groups in total. The number of carbonyl (C=O) groups is 2. The van der Waals surface area contributed by atoms with Crippen molar-refractivity contribution in [1.29, 1.82) is 0 Å². The Morgan fingerprint density at radius 1 is 1.07 bits per heavy atom. The van der Waals surface area contributed by atoms with Gasteiger partial charge in [0.1, 0.15) is 0 Å². The van der Waals surface area contributed by atoms with Crippen molar-refractivity contribution in [3.8, 4) is 0 Å². The summed E-state index contributed by atoms with van der Waals surface area (Å²) in [6.45, 7) is 5.80. The number of rotatable bonds is 7. The van der Waals surface area contributed by atoms with E-state index in [2.05, 4.69) is 4.74 Å². The van der Waals surface area contributed by atoms with Gasteiger partial charge in [0.05, 0.1) is 25.1 Å². The maximum Gasteiger partial charge on any atom is 0.315 e. The Labute approximate surface area is 165 Å². The molecule has 0 radical (unpaired) electrons. The van der Waals surface area contributed by atoms with Gasteiger partial charge in [-0.05, 0) is 13.8 Å². The molecule has 0 aromatic rings. The quantitative estimate of drug-likeness (QED) is 0.413. The van der Waals surface area contributed by atoms with E-state index in [0.29, 0.717) is 51.4 Å². The Morgan fingerprint density at radius 2 is 1.67 bits per heavy atom. The van der Waals surface area contributed by atoms with Crippen LogP contribution in [0.1, 0.15) is 20.3 Å². The summed E-state index contributed by atoms with van der Waals surface area (Å²) >= 11 is 1.36. The van der Waals surface area contributed by atoms with E-state index in [1.807, 2.05) is 13.8 Å². The molecule has 2 aliphatic rings. The molecule has 2 aliphatic heterocycles. The highest BCUT2D eigenvalue weighted by atomic mass is 32.2. The number of hydrogen-bond acceptors (Lipinski definition) is 7. The van der Waals surface area contributed by atoms with Crippen molar-refractivity contribution in [3.05, 3.63) is 0 Å². The zero-order chi connectivity index (χ0) is 20.0. The van der Waals surface area contributed by atoms with Gasteiger partial charge >= 0.3 is 5.97 Å². The molecule has 2 saturated heterocycles. The van der Waals surface area contributed by atoms with Crippen LogP contribution >= 0.6 is 11.8 Å². The van der Waals surface area contributed by atoms with Crippen molar-refractivity contribution in [2.45, 2.75) is 32.5 Å². The highest BCUT2D eigenvalue weighted by Crippen LogP contribution is 2.19. The van der Waals surface area contributed by atoms with E-state index in [-0.39, 0.29) is 29.8 Å². The Hall–Kier alpha value is -0.880. The fraction of sp³-hybridized carbons (Fsp3) is 0.875. The van der Waals surface area contributed by atoms with Gasteiger partial charge in [-0.1, -0.05) is 0 Å². The number of methoxy groups -OCH3 is 1. The molecule has 0 aromatic carbocycles. The van der Waals surface area contributed by atoms with Gasteiger partial charge in [-0.2, -0.15) is 17.0 Å². The monoisotopic (exact) mass is 423 g/mol. The average molecular weight is 424 g/mol. The summed E-state index contributed by atoms with van der Waals surface area (Å²) in [5, 5.41) is 0. The van der Waals surface area contributed by atoms with Crippen molar-refractivity contribution in [2.75, 3.05) is 57.9 Å². The Morgan fingerprint density at radius 3 is 2.22 bits per heavy atom. The number of morpholine rings is 1. The SMILES string of the molecule is COC(=O)CSCCC(=O)N1CCN(S(=O)(=O)N2CC(C)OC(C)C2)CC1. The number of nitrogens with zero attached hydrogens (tertiary/aromatic N) is 3. The van der Waals surface area contributed by atoms with E-state index < -0.39 is 10.2 Å². The lowest BCUT2D eigenvalue weighted by molar-refractivity contribution is -0.137. The molecule has 0 bridgehead atoms. The first-order chi connectivity index (χ1) is 12.7. The summed E-state index contributed by atoms with van der Waals surface area (Å²) in [6, 6.07) is 0. The highest BCUT2D eigenvalue weighted by molar-refractivity contribution is 7.99. The molecule has 0 spiro atoms. The van der Waals surface area contributed by atoms with Crippen LogP contribution in [-0.2, 0) is 29.3 Å². The first-order valence-electron chi connectivity index (χ1n) is 9.07. The largest absolute Gasteiger partial charge is 0.468 e. The van der Waals surface area contributed by atoms with Gasteiger partial charge in [-0.25, -0.2) is 0 Å². The van der Waals surface area contributed by atoms with Gasteiger partial charge in [0.25, 0.3) is 10.2 Å². The van der Waals surface area contributed by atoms with Gasteiger partial charge in [0, 0.05) is 51.4 Å². The molecule has 11 heteroatoms. The standard InChI is InChI=1S/C16H29N3O6S2/c1-13-10-19(11-14(2)25-13)27(22,23)18-7-5-17(6-8-18)15(20)4-9-26-12-16(21)24-3/h13-14H,4-12H2,1-3H3. The fourth-order valence-corrected chi connectivity index (χ4v) is 5.68. The lowest BCUT2D eigenvalue weighted by Crippen LogP contribution is -2.57. The van der Waals surface area contributed by atoms with Crippen molar-refractivity contribution in [2.24, 2.45) is 0 Å². The number of hydrogen-bond donors (Lipinski definition) is 0. The Bertz CT molecular complexity index is 612. The maximum atomic E-state index is 12.9. The third-order valence-corrected chi connectivity index (χ3v) is 7.44. The van der Waals surface area contributed by atoms with Crippen LogP contribution in [0.4, 0.5) is 0 Å². The highest BCUT2D eigenvalue weighted by Gasteiger charge is 2.37. The summed E-state index contributed by atoms with van der Waals surface area (Å²) in [4.78, 5) is 25.0. The van der Waals surface area contributed by atoms with Crippen molar-refractivity contribution in [1.82, 2.24) is 13.5 Å². The molecule has 27 heavy (non-hydrogen) atoms. The molecule has 2 rings (SSSR count). The second-order valence-electron chi connectivity index (χ2n) is 6.74. The lowest BCUT2D eigenvalue weighted by Gasteiger charge is -2.40. The predicted octanol–water partition coefficient (Wildman–Crippen LogP) is -0.219. The predicted molar refractivity (Wildman–Crippen MR) is 103 cm³/mol. The number of esters is 1. The molecule has 2 heterocycles. The van der Waals surface area contributed by atoms with Gasteiger partial charge < -0.3 is 14.4 Å². The summed E-state index contributed by atoms with van der Waals surface area (Å²) in [5.74, 6) is 0.443. The number of amides is 1. The first kappa shape index (κ1) is 22.4. The van der Waals surface area contributed by atoms with Crippen LogP contribution < -0.4 is 0 Å². The molecule has 156 valence electrons. The molecule has 2 fully saturated rings. The molecule has 2 unspecified atom stereocenters. The smallest absolute Gasteiger partial charge is 0.315 e. The van der Waals surface area contributed by atoms with E-state index >= 15 is 0 Å². The van der Waals surface area contributed by atoms with Crippen molar-refractivity contribution < 1.29 is 27.5 Å². The summed E-state index contributed by atoms with van der Waals surface area (Å²) < 4.78 is 38.8. The minimum atomic E-state index is -3.54. The summed E-state index contributed by atoms with van der Waals surface area (Å²) in [6.07, 6.45) is 0.0650. The normalized spacial score (nSPS) is 25.4. The molecule has 1 amide bonds. The second kappa shape index (κ2) is 10.1. The number of thioether (sulfide) groups is 1. The van der Waals surface area contributed by atoms with Gasteiger partial charge in [-0.15, -0.1) is 11.8 Å². The number of ether oxygens (including phenoxy) is 2. The molecule has 0 aliphatic carbocycles. The minimum Gasteiger partial charge on any atom is -0.468 e. The van der Waals surface area contributed by atoms with Crippen LogP contribution in [0, 0.1) is 0 Å². The Kier molecular flexibility index (Phi) is 8.35. The third-order valence-electron chi connectivity index (χ3n) is 4.54. The van der Waals surface area contributed by atoms with E-state index in [9.17, 15) is 18.0 Å². The molecular weight excluding hydrogens is 394 g/mol. The second-order valence-corrected chi connectivity index (χ2v) is 9.77. The van der Waals surface area contributed by atoms with E-state index in [1.54, 1.807) is 4.90 Å². The molecule has 0 saturated carbocycles. The minimum absolute atomic E-state index is 0.0157. The van der Waals surface area contributed by atoms with Crippen LogP contribution in [0.3, 0.4) is 0 Å². The van der Waals surface area contributed by atoms with Crippen LogP contribution in [0.25, 0.3) is 0 Å². The van der Waals surface area contributed by atoms with Crippen LogP contribution in [-0.4, -0.2) is 104 Å². The number of piperazine rings is 1. The zero-order valence-electron chi connectivity index (χ0n) is 16.1. The maximum absolute atomic E-state index is 12.9. The Balaban J connectivity index is 1.78. The van der Waals surface area contributed by atoms with E-state index in [1.165, 1.54) is 27.5 Å². The van der Waals surface area contributed by atoms with Gasteiger partial charge in [-0.3, -0.25) is 9.59 Å². The molecule has 9 nitrogen and oxygen atoms in total. The molecule has 2 atom stereocenters. The molecule has 0 aromatic heterocycles. The average Bonchev–Trinajstić information content (AvgIpc) is 2.64. The zero-order valence-corrected chi connectivity index (χ0v) is 17.8. The number of carbonyl (C=O) groups excluding carboxylic acids is 2. The van der Waals surface area contributed by atoms with Gasteiger partial charge in [0.15, 0.2) is 0 Å². The first-order valence-corrected chi connectivity index (χ1v) is 11.6. The fourth-order valence-electron chi connectivity index (χ4n) is 3.18. The summed E-state index contributed by atoms with van der Waals surface area (Å²) in [5.41, 5.74) is 0. The van der Waals surface area contributed by atoms with Crippen molar-refractivity contribution >= 4 is 33.8 Å². The third kappa shape index (κ3) is 6.31. The van der Waals surface area contributed by atoms with Crippen LogP contribution in [0.5, 0.6) is 0 Å². The molecular formula is C16H29N3O6S2.